The van der Waals surface area contributed by atoms with Crippen molar-refractivity contribution in [2.24, 2.45) is 17.3 Å². The van der Waals surface area contributed by atoms with Gasteiger partial charge in [0.2, 0.25) is 0 Å². The van der Waals surface area contributed by atoms with Crippen molar-refractivity contribution in [1.82, 2.24) is 0 Å². The van der Waals surface area contributed by atoms with Crippen molar-refractivity contribution in [3.05, 3.63) is 36.0 Å². The third-order valence-corrected chi connectivity index (χ3v) is 5.79. The maximum absolute atomic E-state index is 5.82. The molecule has 116 valence electrons. The van der Waals surface area contributed by atoms with E-state index in [2.05, 4.69) is 45.6 Å². The van der Waals surface area contributed by atoms with Crippen LogP contribution in [0.4, 0.5) is 0 Å². The summed E-state index contributed by atoms with van der Waals surface area (Å²) in [6, 6.07) is 0. The molecule has 1 heterocycles. The molecule has 21 heavy (non-hydrogen) atoms. The quantitative estimate of drug-likeness (QED) is 0.556. The van der Waals surface area contributed by atoms with E-state index in [-0.39, 0.29) is 11.7 Å². The van der Waals surface area contributed by atoms with Gasteiger partial charge in [0.15, 0.2) is 6.29 Å². The molecular formula is C19H28O2. The minimum absolute atomic E-state index is 0.172. The Hall–Kier alpha value is -0.860. The van der Waals surface area contributed by atoms with Crippen LogP contribution in [0.5, 0.6) is 0 Å². The van der Waals surface area contributed by atoms with E-state index < -0.39 is 0 Å². The van der Waals surface area contributed by atoms with Crippen molar-refractivity contribution in [3.63, 3.8) is 0 Å². The molecule has 0 radical (unpaired) electrons. The highest BCUT2D eigenvalue weighted by molar-refractivity contribution is 5.32. The molecule has 0 amide bonds. The Balaban J connectivity index is 1.66. The molecule has 2 heteroatoms. The molecule has 5 atom stereocenters. The van der Waals surface area contributed by atoms with Gasteiger partial charge in [0, 0.05) is 5.41 Å². The summed E-state index contributed by atoms with van der Waals surface area (Å²) in [5.74, 6) is 1.56. The van der Waals surface area contributed by atoms with E-state index in [0.717, 1.165) is 30.4 Å². The van der Waals surface area contributed by atoms with E-state index in [1.54, 1.807) is 0 Å². The minimum Gasteiger partial charge on any atom is -0.349 e. The van der Waals surface area contributed by atoms with Crippen molar-refractivity contribution in [1.29, 1.82) is 0 Å². The number of hydrogen-bond donors (Lipinski definition) is 0. The summed E-state index contributed by atoms with van der Waals surface area (Å²) in [6.45, 7) is 11.7. The average Bonchev–Trinajstić information content (AvgIpc) is 3.03. The Morgan fingerprint density at radius 1 is 1.33 bits per heavy atom. The zero-order valence-corrected chi connectivity index (χ0v) is 13.6. The molecule has 3 rings (SSSR count). The van der Waals surface area contributed by atoms with E-state index in [1.807, 2.05) is 0 Å². The van der Waals surface area contributed by atoms with Crippen molar-refractivity contribution >= 4 is 0 Å². The van der Waals surface area contributed by atoms with Crippen molar-refractivity contribution in [2.45, 2.75) is 58.8 Å². The Morgan fingerprint density at radius 3 is 2.81 bits per heavy atom. The molecule has 0 aromatic rings. The molecule has 1 saturated heterocycles. The number of ether oxygens (including phenoxy) is 2. The Kier molecular flexibility index (Phi) is 4.11. The normalized spacial score (nSPS) is 44.0. The third-order valence-electron chi connectivity index (χ3n) is 5.79. The first-order valence-corrected chi connectivity index (χ1v) is 8.33. The maximum Gasteiger partial charge on any atom is 0.180 e. The van der Waals surface area contributed by atoms with Crippen molar-refractivity contribution in [2.75, 3.05) is 6.61 Å². The van der Waals surface area contributed by atoms with Crippen molar-refractivity contribution in [3.8, 4) is 0 Å². The lowest BCUT2D eigenvalue weighted by molar-refractivity contribution is -0.187. The molecule has 5 unspecified atom stereocenters. The number of fused-ring (bicyclic) bond motifs is 2. The summed E-state index contributed by atoms with van der Waals surface area (Å²) in [5, 5.41) is 0. The smallest absolute Gasteiger partial charge is 0.180 e. The van der Waals surface area contributed by atoms with Crippen LogP contribution in [0.1, 0.15) is 46.5 Å². The van der Waals surface area contributed by atoms with Crippen LogP contribution in [0.15, 0.2) is 36.0 Å². The Bertz CT molecular complexity index is 476. The van der Waals surface area contributed by atoms with Gasteiger partial charge < -0.3 is 9.47 Å². The molecule has 0 spiro atoms. The van der Waals surface area contributed by atoms with Crippen LogP contribution in [0.3, 0.4) is 0 Å². The number of allylic oxidation sites excluding steroid dienone is 4. The molecule has 2 bridgehead atoms. The Morgan fingerprint density at radius 2 is 2.14 bits per heavy atom. The van der Waals surface area contributed by atoms with Gasteiger partial charge in [0.25, 0.3) is 0 Å². The Labute approximate surface area is 128 Å². The van der Waals surface area contributed by atoms with Gasteiger partial charge in [-0.15, -0.1) is 0 Å². The van der Waals surface area contributed by atoms with Crippen LogP contribution >= 0.6 is 0 Å². The zero-order chi connectivity index (χ0) is 15.0. The van der Waals surface area contributed by atoms with E-state index in [9.17, 15) is 0 Å². The second-order valence-corrected chi connectivity index (χ2v) is 7.22. The fourth-order valence-electron chi connectivity index (χ4n) is 4.16. The van der Waals surface area contributed by atoms with Crippen molar-refractivity contribution < 1.29 is 9.47 Å². The van der Waals surface area contributed by atoms with E-state index in [0.29, 0.717) is 6.10 Å². The molecule has 0 aromatic carbocycles. The molecule has 2 saturated carbocycles. The van der Waals surface area contributed by atoms with Crippen LogP contribution < -0.4 is 0 Å². The van der Waals surface area contributed by atoms with Gasteiger partial charge in [-0.05, 0) is 56.9 Å². The molecule has 1 aliphatic heterocycles. The fraction of sp³-hybridized carbons (Fsp3) is 0.684. The monoisotopic (exact) mass is 288 g/mol. The largest absolute Gasteiger partial charge is 0.349 e. The van der Waals surface area contributed by atoms with Gasteiger partial charge in [-0.3, -0.25) is 0 Å². The number of rotatable bonds is 3. The summed E-state index contributed by atoms with van der Waals surface area (Å²) in [7, 11) is 0. The van der Waals surface area contributed by atoms with Crippen LogP contribution in [0, 0.1) is 17.3 Å². The molecule has 0 N–H and O–H groups in total. The predicted octanol–water partition coefficient (Wildman–Crippen LogP) is 4.63. The van der Waals surface area contributed by atoms with Gasteiger partial charge in [-0.1, -0.05) is 37.3 Å². The SMILES string of the molecule is C=C1C2CCC(C2)C1(C)C=CC=C(C)C1OCCC(C)O1. The van der Waals surface area contributed by atoms with Crippen LogP contribution in [0.2, 0.25) is 0 Å². The fourth-order valence-corrected chi connectivity index (χ4v) is 4.16. The third kappa shape index (κ3) is 2.76. The summed E-state index contributed by atoms with van der Waals surface area (Å²) in [5.41, 5.74) is 2.79. The highest BCUT2D eigenvalue weighted by Gasteiger charge is 2.49. The van der Waals surface area contributed by atoms with Crippen LogP contribution in [-0.4, -0.2) is 19.0 Å². The van der Waals surface area contributed by atoms with Gasteiger partial charge in [-0.25, -0.2) is 0 Å². The summed E-state index contributed by atoms with van der Waals surface area (Å²) < 4.78 is 11.5. The van der Waals surface area contributed by atoms with E-state index in [1.165, 1.54) is 24.8 Å². The molecule has 3 aliphatic rings. The average molecular weight is 288 g/mol. The molecule has 2 nitrogen and oxygen atoms in total. The summed E-state index contributed by atoms with van der Waals surface area (Å²) in [6.07, 6.45) is 11.8. The first-order chi connectivity index (χ1) is 10.0. The summed E-state index contributed by atoms with van der Waals surface area (Å²) >= 11 is 0. The van der Waals surface area contributed by atoms with Crippen LogP contribution in [-0.2, 0) is 9.47 Å². The minimum atomic E-state index is -0.172. The highest BCUT2D eigenvalue weighted by atomic mass is 16.7. The lowest BCUT2D eigenvalue weighted by Gasteiger charge is -2.33. The lowest BCUT2D eigenvalue weighted by atomic mass is 9.71. The molecule has 3 fully saturated rings. The molecule has 2 aliphatic carbocycles. The topological polar surface area (TPSA) is 18.5 Å². The maximum atomic E-state index is 5.82. The van der Waals surface area contributed by atoms with Crippen LogP contribution in [0.25, 0.3) is 0 Å². The lowest BCUT2D eigenvalue weighted by Crippen LogP contribution is -2.31. The zero-order valence-electron chi connectivity index (χ0n) is 13.6. The van der Waals surface area contributed by atoms with Gasteiger partial charge in [0.1, 0.15) is 0 Å². The molecular weight excluding hydrogens is 260 g/mol. The van der Waals surface area contributed by atoms with E-state index in [4.69, 9.17) is 9.47 Å². The first-order valence-electron chi connectivity index (χ1n) is 8.33. The standard InChI is InChI=1S/C19H28O2/c1-13(18-20-11-9-14(2)21-18)6-5-10-19(4)15(3)16-7-8-17(19)12-16/h5-6,10,14,16-18H,3,7-9,11-12H2,1-2,4H3. The van der Waals surface area contributed by atoms with Gasteiger partial charge in [-0.2, -0.15) is 0 Å². The molecule has 0 aromatic heterocycles. The second-order valence-electron chi connectivity index (χ2n) is 7.22. The van der Waals surface area contributed by atoms with Gasteiger partial charge >= 0.3 is 0 Å². The van der Waals surface area contributed by atoms with E-state index >= 15 is 0 Å². The highest BCUT2D eigenvalue weighted by Crippen LogP contribution is 2.59. The first kappa shape index (κ1) is 15.1. The summed E-state index contributed by atoms with van der Waals surface area (Å²) in [4.78, 5) is 0. The van der Waals surface area contributed by atoms with Gasteiger partial charge in [0.05, 0.1) is 12.7 Å². The number of hydrogen-bond acceptors (Lipinski definition) is 2. The second kappa shape index (κ2) is 5.73. The predicted molar refractivity (Wildman–Crippen MR) is 85.9 cm³/mol.